The Morgan fingerprint density at radius 2 is 1.47 bits per heavy atom. The Balaban J connectivity index is 1.80. The maximum absolute atomic E-state index is 13.0. The van der Waals surface area contributed by atoms with Crippen LogP contribution in [0.5, 0.6) is 0 Å². The smallest absolute Gasteiger partial charge is 0.253 e. The Morgan fingerprint density at radius 1 is 0.882 bits per heavy atom. The molecular weight excluding hydrogens is 450 g/mol. The summed E-state index contributed by atoms with van der Waals surface area (Å²) < 4.78 is 26.2. The molecule has 0 spiro atoms. The Labute approximate surface area is 200 Å². The van der Waals surface area contributed by atoms with Gasteiger partial charge in [-0.2, -0.15) is 0 Å². The standard InChI is InChI=1S/C26H29N3O4S/c1-18-11-10-12-19(2)25(18)29(34(4,32)33)17-24(30)28-23-16-9-8-15-22(23)26(31)27-20(3)21-13-6-5-7-14-21/h5-16,20H,17H2,1-4H3,(H,27,31)(H,28,30)/t20-/m0/s1. The van der Waals surface area contributed by atoms with E-state index < -0.39 is 22.5 Å². The van der Waals surface area contributed by atoms with Gasteiger partial charge in [-0.15, -0.1) is 0 Å². The lowest BCUT2D eigenvalue weighted by atomic mass is 10.1. The Morgan fingerprint density at radius 3 is 2.09 bits per heavy atom. The van der Waals surface area contributed by atoms with Crippen molar-refractivity contribution in [3.8, 4) is 0 Å². The number of nitrogens with zero attached hydrogens (tertiary/aromatic N) is 1. The van der Waals surface area contributed by atoms with Crippen LogP contribution in [0.4, 0.5) is 11.4 Å². The van der Waals surface area contributed by atoms with Crippen molar-refractivity contribution >= 4 is 33.2 Å². The van der Waals surface area contributed by atoms with E-state index in [9.17, 15) is 18.0 Å². The van der Waals surface area contributed by atoms with E-state index in [-0.39, 0.29) is 17.5 Å². The van der Waals surface area contributed by atoms with E-state index in [1.54, 1.807) is 50.2 Å². The van der Waals surface area contributed by atoms with Crippen LogP contribution in [-0.2, 0) is 14.8 Å². The average Bonchev–Trinajstić information content (AvgIpc) is 2.78. The molecular formula is C26H29N3O4S. The van der Waals surface area contributed by atoms with E-state index in [1.165, 1.54) is 0 Å². The average molecular weight is 480 g/mol. The molecule has 2 N–H and O–H groups in total. The minimum atomic E-state index is -3.73. The van der Waals surface area contributed by atoms with Crippen molar-refractivity contribution in [2.24, 2.45) is 0 Å². The van der Waals surface area contributed by atoms with Gasteiger partial charge in [0.25, 0.3) is 5.91 Å². The zero-order chi connectivity index (χ0) is 24.9. The highest BCUT2D eigenvalue weighted by atomic mass is 32.2. The molecule has 0 saturated heterocycles. The second-order valence-electron chi connectivity index (χ2n) is 8.21. The molecule has 8 heteroatoms. The molecule has 0 unspecified atom stereocenters. The van der Waals surface area contributed by atoms with Crippen LogP contribution >= 0.6 is 0 Å². The SMILES string of the molecule is Cc1cccc(C)c1N(CC(=O)Nc1ccccc1C(=O)N[C@@H](C)c1ccccc1)S(C)(=O)=O. The lowest BCUT2D eigenvalue weighted by Gasteiger charge is -2.25. The van der Waals surface area contributed by atoms with Crippen LogP contribution in [0.15, 0.2) is 72.8 Å². The van der Waals surface area contributed by atoms with Gasteiger partial charge in [0.05, 0.1) is 29.2 Å². The molecule has 3 rings (SSSR count). The molecule has 2 amide bonds. The summed E-state index contributed by atoms with van der Waals surface area (Å²) in [5.41, 5.74) is 3.51. The third kappa shape index (κ3) is 6.02. The van der Waals surface area contributed by atoms with E-state index in [0.717, 1.165) is 27.3 Å². The number of benzene rings is 3. The summed E-state index contributed by atoms with van der Waals surface area (Å²) in [6.45, 7) is 5.06. The number of hydrogen-bond acceptors (Lipinski definition) is 4. The number of carbonyl (C=O) groups excluding carboxylic acids is 2. The van der Waals surface area contributed by atoms with Crippen molar-refractivity contribution in [1.29, 1.82) is 0 Å². The summed E-state index contributed by atoms with van der Waals surface area (Å²) in [7, 11) is -3.73. The highest BCUT2D eigenvalue weighted by Gasteiger charge is 2.25. The molecule has 0 saturated carbocycles. The van der Waals surface area contributed by atoms with Crippen LogP contribution in [-0.4, -0.2) is 33.0 Å². The van der Waals surface area contributed by atoms with Gasteiger partial charge in [-0.25, -0.2) is 8.42 Å². The highest BCUT2D eigenvalue weighted by Crippen LogP contribution is 2.27. The van der Waals surface area contributed by atoms with Gasteiger partial charge in [0.1, 0.15) is 6.54 Å². The third-order valence-electron chi connectivity index (χ3n) is 5.47. The Kier molecular flexibility index (Phi) is 7.73. The van der Waals surface area contributed by atoms with Crippen LogP contribution in [0.1, 0.15) is 40.0 Å². The summed E-state index contributed by atoms with van der Waals surface area (Å²) in [6, 6.07) is 21.4. The van der Waals surface area contributed by atoms with Gasteiger partial charge in [0.15, 0.2) is 0 Å². The van der Waals surface area contributed by atoms with Gasteiger partial charge in [0, 0.05) is 0 Å². The molecule has 0 heterocycles. The third-order valence-corrected chi connectivity index (χ3v) is 6.58. The monoisotopic (exact) mass is 479 g/mol. The molecule has 3 aromatic rings. The predicted molar refractivity (Wildman–Crippen MR) is 136 cm³/mol. The second-order valence-corrected chi connectivity index (χ2v) is 10.1. The molecule has 178 valence electrons. The van der Waals surface area contributed by atoms with Gasteiger partial charge < -0.3 is 10.6 Å². The molecule has 0 aliphatic carbocycles. The molecule has 0 aliphatic heterocycles. The summed E-state index contributed by atoms with van der Waals surface area (Å²) in [4.78, 5) is 25.9. The van der Waals surface area contributed by atoms with Crippen LogP contribution in [0, 0.1) is 13.8 Å². The quantitative estimate of drug-likeness (QED) is 0.506. The Bertz CT molecular complexity index is 1270. The normalized spacial score (nSPS) is 12.0. The maximum Gasteiger partial charge on any atom is 0.253 e. The summed E-state index contributed by atoms with van der Waals surface area (Å²) >= 11 is 0. The topological polar surface area (TPSA) is 95.6 Å². The zero-order valence-corrected chi connectivity index (χ0v) is 20.5. The van der Waals surface area contributed by atoms with Gasteiger partial charge >= 0.3 is 0 Å². The molecule has 0 fully saturated rings. The molecule has 3 aromatic carbocycles. The zero-order valence-electron chi connectivity index (χ0n) is 19.7. The molecule has 0 bridgehead atoms. The van der Waals surface area contributed by atoms with E-state index in [4.69, 9.17) is 0 Å². The molecule has 0 radical (unpaired) electrons. The van der Waals surface area contributed by atoms with Crippen LogP contribution in [0.3, 0.4) is 0 Å². The van der Waals surface area contributed by atoms with E-state index in [2.05, 4.69) is 10.6 Å². The number of nitrogens with one attached hydrogen (secondary N) is 2. The van der Waals surface area contributed by atoms with Gasteiger partial charge in [-0.1, -0.05) is 60.7 Å². The predicted octanol–water partition coefficient (Wildman–Crippen LogP) is 4.20. The summed E-state index contributed by atoms with van der Waals surface area (Å²) in [5, 5.41) is 5.65. The first-order valence-corrected chi connectivity index (χ1v) is 12.7. The molecule has 1 atom stereocenters. The lowest BCUT2D eigenvalue weighted by molar-refractivity contribution is -0.114. The fourth-order valence-corrected chi connectivity index (χ4v) is 4.74. The van der Waals surface area contributed by atoms with E-state index in [1.807, 2.05) is 43.3 Å². The van der Waals surface area contributed by atoms with Crippen molar-refractivity contribution in [1.82, 2.24) is 5.32 Å². The second kappa shape index (κ2) is 10.5. The summed E-state index contributed by atoms with van der Waals surface area (Å²) in [5.74, 6) is -0.897. The molecule has 0 aromatic heterocycles. The largest absolute Gasteiger partial charge is 0.345 e. The number of para-hydroxylation sites is 2. The Hall–Kier alpha value is -3.65. The van der Waals surface area contributed by atoms with Gasteiger partial charge in [-0.05, 0) is 49.6 Å². The fourth-order valence-electron chi connectivity index (χ4n) is 3.77. The molecule has 34 heavy (non-hydrogen) atoms. The van der Waals surface area contributed by atoms with Gasteiger partial charge in [-0.3, -0.25) is 13.9 Å². The molecule has 7 nitrogen and oxygen atoms in total. The van der Waals surface area contributed by atoms with Gasteiger partial charge in [0.2, 0.25) is 15.9 Å². The number of hydrogen-bond donors (Lipinski definition) is 2. The first kappa shape index (κ1) is 25.0. The van der Waals surface area contributed by atoms with Crippen molar-refractivity contribution in [3.05, 3.63) is 95.1 Å². The van der Waals surface area contributed by atoms with Crippen molar-refractivity contribution < 1.29 is 18.0 Å². The summed E-state index contributed by atoms with van der Waals surface area (Å²) in [6.07, 6.45) is 1.07. The minimum absolute atomic E-state index is 0.234. The fraction of sp³-hybridized carbons (Fsp3) is 0.231. The number of aryl methyl sites for hydroxylation is 2. The minimum Gasteiger partial charge on any atom is -0.345 e. The number of sulfonamides is 1. The first-order chi connectivity index (χ1) is 16.1. The van der Waals surface area contributed by atoms with Crippen molar-refractivity contribution in [2.75, 3.05) is 22.4 Å². The maximum atomic E-state index is 13.0. The van der Waals surface area contributed by atoms with Crippen LogP contribution < -0.4 is 14.9 Å². The first-order valence-electron chi connectivity index (χ1n) is 10.9. The van der Waals surface area contributed by atoms with E-state index in [0.29, 0.717) is 11.4 Å². The van der Waals surface area contributed by atoms with Crippen LogP contribution in [0.25, 0.3) is 0 Å². The van der Waals surface area contributed by atoms with Crippen molar-refractivity contribution in [3.63, 3.8) is 0 Å². The van der Waals surface area contributed by atoms with Crippen molar-refractivity contribution in [2.45, 2.75) is 26.8 Å². The van der Waals surface area contributed by atoms with Crippen LogP contribution in [0.2, 0.25) is 0 Å². The highest BCUT2D eigenvalue weighted by molar-refractivity contribution is 7.92. The number of amides is 2. The number of carbonyl (C=O) groups is 2. The number of rotatable bonds is 8. The lowest BCUT2D eigenvalue weighted by Crippen LogP contribution is -2.38. The molecule has 0 aliphatic rings. The number of anilines is 2. The van der Waals surface area contributed by atoms with E-state index >= 15 is 0 Å².